The lowest BCUT2D eigenvalue weighted by atomic mass is 10.1. The van der Waals surface area contributed by atoms with Gasteiger partial charge in [-0.05, 0) is 18.9 Å². The number of aromatic nitrogens is 3. The lowest BCUT2D eigenvalue weighted by Gasteiger charge is -2.37. The molecule has 2 fully saturated rings. The molecular weight excluding hydrogens is 409 g/mol. The molecule has 31 heavy (non-hydrogen) atoms. The third-order valence-corrected chi connectivity index (χ3v) is 5.90. The van der Waals surface area contributed by atoms with Crippen LogP contribution < -0.4 is 9.80 Å². The summed E-state index contributed by atoms with van der Waals surface area (Å²) in [4.78, 5) is 16.8. The van der Waals surface area contributed by atoms with E-state index in [2.05, 4.69) is 16.0 Å². The van der Waals surface area contributed by atoms with Gasteiger partial charge in [0, 0.05) is 50.1 Å². The van der Waals surface area contributed by atoms with E-state index in [1.165, 1.54) is 0 Å². The monoisotopic (exact) mass is 430 g/mol. The molecule has 7 nitrogen and oxygen atoms in total. The fourth-order valence-electron chi connectivity index (χ4n) is 4.03. The van der Waals surface area contributed by atoms with Gasteiger partial charge in [-0.3, -0.25) is 0 Å². The van der Waals surface area contributed by atoms with Crippen LogP contribution in [0.1, 0.15) is 47.1 Å². The Kier molecular flexibility index (Phi) is 4.93. The first kappa shape index (κ1) is 20.0. The van der Waals surface area contributed by atoms with Crippen LogP contribution in [0, 0.1) is 11.3 Å². The smallest absolute Gasteiger partial charge is 0.376 e. The lowest BCUT2D eigenvalue weighted by molar-refractivity contribution is -0.141. The molecule has 0 radical (unpaired) electrons. The number of alkyl halides is 3. The molecule has 1 saturated heterocycles. The average Bonchev–Trinajstić information content (AvgIpc) is 3.63. The van der Waals surface area contributed by atoms with Crippen molar-refractivity contribution in [2.75, 3.05) is 42.6 Å². The van der Waals surface area contributed by atoms with E-state index in [4.69, 9.17) is 9.72 Å². The predicted molar refractivity (Wildman–Crippen MR) is 106 cm³/mol. The molecule has 0 N–H and O–H groups in total. The molecule has 0 amide bonds. The second-order valence-corrected chi connectivity index (χ2v) is 8.10. The molecule has 0 spiro atoms. The highest BCUT2D eigenvalue weighted by Gasteiger charge is 2.37. The van der Waals surface area contributed by atoms with Crippen LogP contribution >= 0.6 is 0 Å². The minimum atomic E-state index is -4.50. The van der Waals surface area contributed by atoms with E-state index >= 15 is 0 Å². The highest BCUT2D eigenvalue weighted by molar-refractivity contribution is 5.57. The number of hydrogen-bond acceptors (Lipinski definition) is 7. The average molecular weight is 430 g/mol. The number of rotatable bonds is 3. The maximum atomic E-state index is 13.3. The second kappa shape index (κ2) is 7.64. The van der Waals surface area contributed by atoms with Crippen LogP contribution in [0.4, 0.5) is 24.8 Å². The topological polar surface area (TPSA) is 78.2 Å². The molecule has 5 rings (SSSR count). The first-order valence-electron chi connectivity index (χ1n) is 10.4. The summed E-state index contributed by atoms with van der Waals surface area (Å²) in [6.07, 6.45) is -2.12. The highest BCUT2D eigenvalue weighted by Crippen LogP contribution is 2.40. The van der Waals surface area contributed by atoms with Gasteiger partial charge in [0.25, 0.3) is 0 Å². The Hall–Kier alpha value is -2.93. The van der Waals surface area contributed by atoms with Crippen molar-refractivity contribution in [1.29, 1.82) is 5.26 Å². The van der Waals surface area contributed by atoms with Gasteiger partial charge in [0.2, 0.25) is 0 Å². The molecule has 0 atom stereocenters. The van der Waals surface area contributed by atoms with Gasteiger partial charge in [-0.1, -0.05) is 0 Å². The van der Waals surface area contributed by atoms with Crippen molar-refractivity contribution < 1.29 is 17.9 Å². The normalized spacial score (nSPS) is 19.2. The highest BCUT2D eigenvalue weighted by atomic mass is 19.4. The summed E-state index contributed by atoms with van der Waals surface area (Å²) in [5, 5.41) is 9.58. The molecule has 2 aromatic rings. The summed E-state index contributed by atoms with van der Waals surface area (Å²) in [7, 11) is 0. The fourth-order valence-corrected chi connectivity index (χ4v) is 4.03. The summed E-state index contributed by atoms with van der Waals surface area (Å²) in [5.74, 6) is 1.28. The van der Waals surface area contributed by atoms with E-state index in [-0.39, 0.29) is 11.7 Å². The van der Waals surface area contributed by atoms with Crippen LogP contribution in [0.5, 0.6) is 0 Å². The Morgan fingerprint density at radius 3 is 2.45 bits per heavy atom. The zero-order valence-corrected chi connectivity index (χ0v) is 16.8. The third-order valence-electron chi connectivity index (χ3n) is 5.90. The van der Waals surface area contributed by atoms with Crippen LogP contribution in [0.25, 0.3) is 0 Å². The number of hydrogen-bond donors (Lipinski definition) is 0. The summed E-state index contributed by atoms with van der Waals surface area (Å²) in [6.45, 7) is 3.14. The van der Waals surface area contributed by atoms with E-state index in [0.29, 0.717) is 63.0 Å². The number of fused-ring (bicyclic) bond motifs is 1. The maximum Gasteiger partial charge on any atom is 0.433 e. The third kappa shape index (κ3) is 4.02. The van der Waals surface area contributed by atoms with E-state index in [1.807, 2.05) is 15.9 Å². The molecule has 2 aliphatic heterocycles. The van der Waals surface area contributed by atoms with E-state index in [0.717, 1.165) is 30.2 Å². The number of pyridine rings is 1. The van der Waals surface area contributed by atoms with Gasteiger partial charge >= 0.3 is 6.18 Å². The Bertz CT molecular complexity index is 1040. The number of nitriles is 1. The largest absolute Gasteiger partial charge is 0.433 e. The Labute approximate surface area is 177 Å². The van der Waals surface area contributed by atoms with Crippen molar-refractivity contribution >= 4 is 11.6 Å². The quantitative estimate of drug-likeness (QED) is 0.741. The number of halogens is 3. The SMILES string of the molecule is N#Cc1cc2c(nc1N1CCN(c3cc(C(F)(F)F)nc(C4CC4)n3)CC1)CCOC2. The summed E-state index contributed by atoms with van der Waals surface area (Å²) < 4.78 is 45.5. The van der Waals surface area contributed by atoms with Crippen LogP contribution in [0.2, 0.25) is 0 Å². The Morgan fingerprint density at radius 2 is 1.77 bits per heavy atom. The van der Waals surface area contributed by atoms with Crippen molar-refractivity contribution in [2.24, 2.45) is 0 Å². The van der Waals surface area contributed by atoms with Gasteiger partial charge < -0.3 is 14.5 Å². The molecule has 4 heterocycles. The summed E-state index contributed by atoms with van der Waals surface area (Å²) in [6, 6.07) is 5.10. The zero-order valence-electron chi connectivity index (χ0n) is 16.8. The van der Waals surface area contributed by atoms with Crippen molar-refractivity contribution in [2.45, 2.75) is 38.0 Å². The first-order chi connectivity index (χ1) is 14.9. The van der Waals surface area contributed by atoms with Gasteiger partial charge in [0.1, 0.15) is 29.2 Å². The molecule has 0 aromatic carbocycles. The van der Waals surface area contributed by atoms with Gasteiger partial charge in [-0.15, -0.1) is 0 Å². The molecule has 1 saturated carbocycles. The van der Waals surface area contributed by atoms with Crippen LogP contribution in [-0.2, 0) is 23.9 Å². The second-order valence-electron chi connectivity index (χ2n) is 8.10. The lowest BCUT2D eigenvalue weighted by Crippen LogP contribution is -2.47. The molecule has 162 valence electrons. The minimum Gasteiger partial charge on any atom is -0.376 e. The van der Waals surface area contributed by atoms with Gasteiger partial charge in [0.15, 0.2) is 0 Å². The Morgan fingerprint density at radius 1 is 1.03 bits per heavy atom. The van der Waals surface area contributed by atoms with Crippen LogP contribution in [0.3, 0.4) is 0 Å². The zero-order chi connectivity index (χ0) is 21.6. The Balaban J connectivity index is 1.37. The fraction of sp³-hybridized carbons (Fsp3) is 0.524. The van der Waals surface area contributed by atoms with Gasteiger partial charge in [0.05, 0.1) is 24.5 Å². The maximum absolute atomic E-state index is 13.3. The van der Waals surface area contributed by atoms with E-state index in [1.54, 1.807) is 0 Å². The molecule has 1 aliphatic carbocycles. The molecule has 0 bridgehead atoms. The molecular formula is C21H21F3N6O. The van der Waals surface area contributed by atoms with E-state index in [9.17, 15) is 18.4 Å². The van der Waals surface area contributed by atoms with Gasteiger partial charge in [-0.2, -0.15) is 18.4 Å². The molecule has 10 heteroatoms. The first-order valence-corrected chi connectivity index (χ1v) is 10.4. The minimum absolute atomic E-state index is 0.0317. The molecule has 3 aliphatic rings. The van der Waals surface area contributed by atoms with Crippen molar-refractivity contribution in [1.82, 2.24) is 15.0 Å². The van der Waals surface area contributed by atoms with E-state index < -0.39 is 11.9 Å². The van der Waals surface area contributed by atoms with Gasteiger partial charge in [-0.25, -0.2) is 15.0 Å². The van der Waals surface area contributed by atoms with Crippen LogP contribution in [-0.4, -0.2) is 47.7 Å². The predicted octanol–water partition coefficient (Wildman–Crippen LogP) is 3.04. The summed E-state index contributed by atoms with van der Waals surface area (Å²) in [5.41, 5.74) is 1.50. The summed E-state index contributed by atoms with van der Waals surface area (Å²) >= 11 is 0. The number of ether oxygens (including phenoxy) is 1. The number of anilines is 2. The number of nitrogens with zero attached hydrogens (tertiary/aromatic N) is 6. The van der Waals surface area contributed by atoms with Crippen LogP contribution in [0.15, 0.2) is 12.1 Å². The van der Waals surface area contributed by atoms with Crippen molar-refractivity contribution in [3.05, 3.63) is 40.5 Å². The molecule has 0 unspecified atom stereocenters. The van der Waals surface area contributed by atoms with Crippen molar-refractivity contribution in [3.8, 4) is 6.07 Å². The van der Waals surface area contributed by atoms with Crippen molar-refractivity contribution in [3.63, 3.8) is 0 Å². The number of piperazine rings is 1. The standard InChI is InChI=1S/C21H21F3N6O/c22-21(23,24)17-10-18(28-19(27-17)13-1-2-13)29-4-6-30(7-5-29)20-14(11-25)9-15-12-31-8-3-16(15)26-20/h9-10,13H,1-8,12H2. The molecule has 2 aromatic heterocycles.